The first-order chi connectivity index (χ1) is 18.1. The molecule has 2 N–H and O–H groups in total. The molecule has 0 amide bonds. The molecule has 0 saturated carbocycles. The van der Waals surface area contributed by atoms with Crippen LogP contribution in [0, 0.1) is 0 Å². The zero-order chi connectivity index (χ0) is 30.4. The van der Waals surface area contributed by atoms with Gasteiger partial charge < -0.3 is 0 Å². The molecular formula is C30H68O6P2S. The average Bonchev–Trinajstić information content (AvgIpc) is 2.81. The van der Waals surface area contributed by atoms with Crippen molar-refractivity contribution in [2.45, 2.75) is 157 Å². The van der Waals surface area contributed by atoms with E-state index in [0.29, 0.717) is 12.8 Å². The molecule has 0 radical (unpaired) electrons. The topological polar surface area (TPSA) is 93.1 Å². The first-order valence-corrected chi connectivity index (χ1v) is 23.0. The summed E-state index contributed by atoms with van der Waals surface area (Å²) in [6.45, 7) is 13.9. The summed E-state index contributed by atoms with van der Waals surface area (Å²) in [5.41, 5.74) is -0.0931. The van der Waals surface area contributed by atoms with E-state index in [1.165, 1.54) is 0 Å². The van der Waals surface area contributed by atoms with Gasteiger partial charge in [-0.1, -0.05) is 0 Å². The van der Waals surface area contributed by atoms with Gasteiger partial charge in [-0.25, -0.2) is 0 Å². The Morgan fingerprint density at radius 2 is 0.821 bits per heavy atom. The van der Waals surface area contributed by atoms with E-state index in [1.807, 2.05) is 0 Å². The Morgan fingerprint density at radius 1 is 0.538 bits per heavy atom. The molecule has 0 spiro atoms. The second kappa shape index (κ2) is 17.1. The predicted molar refractivity (Wildman–Crippen MR) is 177 cm³/mol. The van der Waals surface area contributed by atoms with Gasteiger partial charge in [0.2, 0.25) is 0 Å². The van der Waals surface area contributed by atoms with Crippen LogP contribution in [-0.4, -0.2) is 79.1 Å². The van der Waals surface area contributed by atoms with Crippen molar-refractivity contribution in [3.8, 4) is 0 Å². The summed E-state index contributed by atoms with van der Waals surface area (Å²) in [5, 5.41) is 20.9. The van der Waals surface area contributed by atoms with Crippen LogP contribution in [0.25, 0.3) is 0 Å². The van der Waals surface area contributed by atoms with Crippen LogP contribution < -0.4 is 0 Å². The summed E-state index contributed by atoms with van der Waals surface area (Å²) in [7, 11) is -4.37. The van der Waals surface area contributed by atoms with E-state index in [2.05, 4.69) is 55.4 Å². The molecule has 0 fully saturated rings. The van der Waals surface area contributed by atoms with Crippen molar-refractivity contribution in [1.82, 2.24) is 0 Å². The van der Waals surface area contributed by atoms with Crippen LogP contribution in [0.5, 0.6) is 0 Å². The van der Waals surface area contributed by atoms with Crippen LogP contribution in [0.3, 0.4) is 0 Å². The average molecular weight is 619 g/mol. The first-order valence-electron chi connectivity index (χ1n) is 16.1. The van der Waals surface area contributed by atoms with Gasteiger partial charge in [0.15, 0.2) is 0 Å². The number of hydrogen-bond acceptors (Lipinski definition) is 6. The molecule has 0 rings (SSSR count). The Labute approximate surface area is 244 Å². The Morgan fingerprint density at radius 3 is 1.03 bits per heavy atom. The zero-order valence-electron chi connectivity index (χ0n) is 27.5. The fourth-order valence-electron chi connectivity index (χ4n) is 7.61. The monoisotopic (exact) mass is 618 g/mol. The molecule has 6 nitrogen and oxygen atoms in total. The molecule has 39 heavy (non-hydrogen) atoms. The molecule has 240 valence electrons. The van der Waals surface area contributed by atoms with E-state index < -0.39 is 36.3 Å². The fourth-order valence-corrected chi connectivity index (χ4v) is 27.0. The van der Waals surface area contributed by atoms with Crippen molar-refractivity contribution >= 4 is 24.1 Å². The number of aliphatic hydroxyl groups is 2. The Balaban J connectivity index is 7.31. The van der Waals surface area contributed by atoms with Crippen molar-refractivity contribution in [3.05, 3.63) is 0 Å². The number of aliphatic hydroxyl groups excluding tert-OH is 2. The first kappa shape index (κ1) is 39.6. The van der Waals surface area contributed by atoms with Crippen LogP contribution in [0.2, 0.25) is 0 Å². The van der Waals surface area contributed by atoms with E-state index in [0.717, 1.165) is 88.3 Å². The standard InChI is InChI=1S/C30H68O6P2S/c1-11-17-23-37(19-13-3,20-14-4,29(9)25-27(7)31)35-39(33,34)36-38(21-15-5,22-16-6,24-18-12-2)30(10)26-28(8)32/h27-32H,11-26H2,1-10H3. The summed E-state index contributed by atoms with van der Waals surface area (Å²) in [6, 6.07) is 0. The molecule has 0 bridgehead atoms. The molecule has 0 aromatic rings. The number of unbranched alkanes of at least 4 members (excludes halogenated alkanes) is 2. The summed E-state index contributed by atoms with van der Waals surface area (Å²) in [5.74, 6) is 0. The van der Waals surface area contributed by atoms with E-state index in [1.54, 1.807) is 13.8 Å². The van der Waals surface area contributed by atoms with Crippen molar-refractivity contribution in [2.75, 3.05) is 37.0 Å². The van der Waals surface area contributed by atoms with Crippen LogP contribution in [0.4, 0.5) is 0 Å². The van der Waals surface area contributed by atoms with Crippen LogP contribution >= 0.6 is 13.7 Å². The molecule has 0 aliphatic carbocycles. The molecule has 0 heterocycles. The van der Waals surface area contributed by atoms with E-state index >= 15 is 0 Å². The van der Waals surface area contributed by atoms with Crippen molar-refractivity contribution in [1.29, 1.82) is 0 Å². The molecule has 4 unspecified atom stereocenters. The van der Waals surface area contributed by atoms with Crippen molar-refractivity contribution < 1.29 is 26.6 Å². The Hall–Kier alpha value is 0.650. The van der Waals surface area contributed by atoms with E-state index in [9.17, 15) is 18.6 Å². The Bertz CT molecular complexity index is 716. The molecular weight excluding hydrogens is 550 g/mol. The van der Waals surface area contributed by atoms with Gasteiger partial charge in [-0.3, -0.25) is 0 Å². The minimum absolute atomic E-state index is 0.0466. The van der Waals surface area contributed by atoms with Crippen molar-refractivity contribution in [3.63, 3.8) is 0 Å². The minimum atomic E-state index is -4.37. The third kappa shape index (κ3) is 10.4. The van der Waals surface area contributed by atoms with Gasteiger partial charge in [0.25, 0.3) is 0 Å². The maximum absolute atomic E-state index is 14.6. The summed E-state index contributed by atoms with van der Waals surface area (Å²) >= 11 is 0. The Kier molecular flexibility index (Phi) is 17.4. The molecule has 4 atom stereocenters. The van der Waals surface area contributed by atoms with Gasteiger partial charge in [-0.2, -0.15) is 0 Å². The van der Waals surface area contributed by atoms with Gasteiger partial charge >= 0.3 is 245 Å². The fraction of sp³-hybridized carbons (Fsp3) is 1.00. The molecule has 0 aliphatic heterocycles. The molecule has 0 aromatic heterocycles. The van der Waals surface area contributed by atoms with Gasteiger partial charge in [0, 0.05) is 0 Å². The predicted octanol–water partition coefficient (Wildman–Crippen LogP) is 8.76. The number of rotatable bonds is 24. The van der Waals surface area contributed by atoms with E-state index in [4.69, 9.17) is 7.94 Å². The van der Waals surface area contributed by atoms with E-state index in [-0.39, 0.29) is 11.3 Å². The van der Waals surface area contributed by atoms with Crippen LogP contribution in [0.1, 0.15) is 133 Å². The van der Waals surface area contributed by atoms with Gasteiger partial charge in [-0.15, -0.1) is 0 Å². The second-order valence-corrected chi connectivity index (χ2v) is 26.2. The van der Waals surface area contributed by atoms with Gasteiger partial charge in [-0.05, 0) is 0 Å². The summed E-state index contributed by atoms with van der Waals surface area (Å²) in [4.78, 5) is 0. The molecule has 0 aliphatic rings. The van der Waals surface area contributed by atoms with Crippen LogP contribution in [0.15, 0.2) is 0 Å². The molecule has 0 saturated heterocycles. The number of hydrogen-bond donors (Lipinski definition) is 2. The SMILES string of the molecule is CCCCP(CCC)(CCC)(OS(=O)(=O)OP(CCC)(CCC)(CCCC)C(C)CC(C)O)C(C)CC(C)O. The van der Waals surface area contributed by atoms with Crippen molar-refractivity contribution in [2.24, 2.45) is 0 Å². The van der Waals surface area contributed by atoms with Gasteiger partial charge in [0.05, 0.1) is 0 Å². The summed E-state index contributed by atoms with van der Waals surface area (Å²) < 4.78 is 42.8. The molecule has 9 heteroatoms. The second-order valence-electron chi connectivity index (χ2n) is 12.9. The summed E-state index contributed by atoms with van der Waals surface area (Å²) in [6.07, 6.45) is 11.5. The maximum atomic E-state index is 14.6. The normalized spacial score (nSPS) is 18.5. The zero-order valence-corrected chi connectivity index (χ0v) is 30.1. The van der Waals surface area contributed by atoms with Crippen LogP contribution in [-0.2, 0) is 18.3 Å². The molecule has 0 aromatic carbocycles. The quantitative estimate of drug-likeness (QED) is 0.105. The third-order valence-electron chi connectivity index (χ3n) is 9.32. The van der Waals surface area contributed by atoms with Gasteiger partial charge in [0.1, 0.15) is 0 Å². The third-order valence-corrected chi connectivity index (χ3v) is 27.7.